The number of carbonyl (C=O) groups excluding carboxylic acids is 6. The number of aromatic hydroxyl groups is 1. The molecular weight excluding hydrogens is 796 g/mol. The van der Waals surface area contributed by atoms with Crippen molar-refractivity contribution in [2.75, 3.05) is 32.7 Å². The number of hydrogen-bond donors (Lipinski definition) is 16. The lowest BCUT2D eigenvalue weighted by atomic mass is 9.96. The number of nitrogens with zero attached hydrogens (tertiary/aromatic N) is 2. The number of amides is 6. The molecule has 3 aliphatic rings. The Hall–Kier alpha value is -4.60. The number of benzene rings is 1. The molecule has 6 amide bonds. The molecule has 3 saturated heterocycles. The average molecular weight is 855 g/mol. The normalized spacial score (nSPS) is 32.4. The second kappa shape index (κ2) is 21.3. The quantitative estimate of drug-likeness (QED) is 0.104. The van der Waals surface area contributed by atoms with Crippen LogP contribution in [-0.2, 0) is 28.8 Å². The highest BCUT2D eigenvalue weighted by atomic mass is 16.3. The molecule has 336 valence electrons. The van der Waals surface area contributed by atoms with Gasteiger partial charge in [0, 0.05) is 39.0 Å². The number of nitrogens with one attached hydrogen (secondary N) is 5. The number of hydrogen-bond acceptors (Lipinski definition) is 18. The first kappa shape index (κ1) is 48.1. The van der Waals surface area contributed by atoms with Crippen molar-refractivity contribution in [3.8, 4) is 5.75 Å². The third kappa shape index (κ3) is 11.4. The van der Waals surface area contributed by atoms with Gasteiger partial charge in [-0.1, -0.05) is 12.1 Å². The molecule has 1 aromatic rings. The van der Waals surface area contributed by atoms with E-state index in [1.54, 1.807) is 0 Å². The second-order valence-electron chi connectivity index (χ2n) is 15.2. The van der Waals surface area contributed by atoms with Gasteiger partial charge in [-0.3, -0.25) is 34.1 Å². The van der Waals surface area contributed by atoms with Crippen LogP contribution in [0.2, 0.25) is 0 Å². The molecule has 14 atom stereocenters. The summed E-state index contributed by atoms with van der Waals surface area (Å²) >= 11 is 0. The first-order chi connectivity index (χ1) is 28.3. The highest BCUT2D eigenvalue weighted by Crippen LogP contribution is 2.26. The summed E-state index contributed by atoms with van der Waals surface area (Å²) in [5.41, 5.74) is 17.4. The number of rotatable bonds is 10. The second-order valence-corrected chi connectivity index (χ2v) is 15.2. The Morgan fingerprint density at radius 2 is 1.38 bits per heavy atom. The van der Waals surface area contributed by atoms with E-state index in [1.807, 2.05) is 0 Å². The summed E-state index contributed by atoms with van der Waals surface area (Å²) in [6.45, 7) is 0.147. The van der Waals surface area contributed by atoms with E-state index in [9.17, 15) is 69.6 Å². The van der Waals surface area contributed by atoms with E-state index >= 15 is 0 Å². The van der Waals surface area contributed by atoms with E-state index in [0.29, 0.717) is 0 Å². The van der Waals surface area contributed by atoms with Crippen LogP contribution in [0.1, 0.15) is 44.3 Å². The molecule has 0 aliphatic carbocycles. The largest absolute Gasteiger partial charge is 0.508 e. The fraction of sp³-hybridized carbons (Fsp3) is 0.667. The van der Waals surface area contributed by atoms with Crippen molar-refractivity contribution in [3.05, 3.63) is 29.8 Å². The maximum atomic E-state index is 14.3. The molecule has 1 unspecified atom stereocenters. The summed E-state index contributed by atoms with van der Waals surface area (Å²) < 4.78 is 0. The SMILES string of the molecule is C[C@@H](O)[C@@H]1NC(=O)[C@@H](N)C[C@@H](O)C(NCCN)NC(=O)[C@@H]2[C@@H](O)CCN2C(=O)[C@H]([C@H](O)CCN)NC(=O)[C@H]([C@H](O)[C@@H](O)c2ccc(O)cc2)NC(=O)[C@@H]2C[C@@H](O)CN2C1=O. The zero-order valence-corrected chi connectivity index (χ0v) is 32.9. The number of phenolic OH excluding ortho intramolecular Hbond substituents is 1. The predicted molar refractivity (Wildman–Crippen MR) is 206 cm³/mol. The van der Waals surface area contributed by atoms with E-state index in [0.717, 1.165) is 16.7 Å². The molecule has 19 N–H and O–H groups in total. The highest BCUT2D eigenvalue weighted by Gasteiger charge is 2.48. The van der Waals surface area contributed by atoms with Gasteiger partial charge in [0.05, 0.1) is 36.6 Å². The third-order valence-electron chi connectivity index (χ3n) is 10.7. The maximum absolute atomic E-state index is 14.3. The number of fused-ring (bicyclic) bond motifs is 2. The van der Waals surface area contributed by atoms with Crippen LogP contribution in [0.4, 0.5) is 0 Å². The summed E-state index contributed by atoms with van der Waals surface area (Å²) in [6.07, 6.45) is -15.0. The summed E-state index contributed by atoms with van der Waals surface area (Å²) in [5.74, 6) is -7.04. The molecule has 24 nitrogen and oxygen atoms in total. The molecule has 3 fully saturated rings. The molecule has 0 saturated carbocycles. The Labute approximate surface area is 344 Å². The van der Waals surface area contributed by atoms with Gasteiger partial charge in [0.1, 0.15) is 54.3 Å². The predicted octanol–water partition coefficient (Wildman–Crippen LogP) is -8.66. The fourth-order valence-electron chi connectivity index (χ4n) is 7.43. The number of aliphatic hydroxyl groups is 7. The van der Waals surface area contributed by atoms with Crippen molar-refractivity contribution in [1.29, 1.82) is 0 Å². The minimum atomic E-state index is -2.25. The molecule has 0 bridgehead atoms. The van der Waals surface area contributed by atoms with Gasteiger partial charge in [0.15, 0.2) is 0 Å². The van der Waals surface area contributed by atoms with Gasteiger partial charge in [-0.25, -0.2) is 0 Å². The van der Waals surface area contributed by atoms with Crippen LogP contribution in [0.3, 0.4) is 0 Å². The lowest BCUT2D eigenvalue weighted by Crippen LogP contribution is -2.65. The number of aliphatic hydroxyl groups excluding tert-OH is 7. The van der Waals surface area contributed by atoms with Gasteiger partial charge in [0.25, 0.3) is 0 Å². The van der Waals surface area contributed by atoms with Crippen molar-refractivity contribution in [3.63, 3.8) is 0 Å². The van der Waals surface area contributed by atoms with Crippen LogP contribution in [0.15, 0.2) is 24.3 Å². The molecule has 0 aromatic heterocycles. The van der Waals surface area contributed by atoms with Crippen molar-refractivity contribution in [2.24, 2.45) is 17.2 Å². The molecule has 3 aliphatic heterocycles. The van der Waals surface area contributed by atoms with Gasteiger partial charge in [-0.2, -0.15) is 0 Å². The Balaban J connectivity index is 1.84. The van der Waals surface area contributed by atoms with Gasteiger partial charge >= 0.3 is 0 Å². The van der Waals surface area contributed by atoms with E-state index < -0.39 is 140 Å². The average Bonchev–Trinajstić information content (AvgIpc) is 3.80. The van der Waals surface area contributed by atoms with Crippen LogP contribution >= 0.6 is 0 Å². The lowest BCUT2D eigenvalue weighted by Gasteiger charge is -2.35. The molecular formula is C36H58N10O14. The van der Waals surface area contributed by atoms with Crippen LogP contribution < -0.4 is 43.8 Å². The Morgan fingerprint density at radius 3 is 2.00 bits per heavy atom. The minimum Gasteiger partial charge on any atom is -0.508 e. The maximum Gasteiger partial charge on any atom is 0.248 e. The van der Waals surface area contributed by atoms with Crippen LogP contribution in [0.25, 0.3) is 0 Å². The van der Waals surface area contributed by atoms with Crippen molar-refractivity contribution in [1.82, 2.24) is 36.4 Å². The Morgan fingerprint density at radius 1 is 0.767 bits per heavy atom. The lowest BCUT2D eigenvalue weighted by molar-refractivity contribution is -0.148. The molecule has 1 aromatic carbocycles. The number of phenols is 1. The van der Waals surface area contributed by atoms with Crippen LogP contribution in [0.5, 0.6) is 5.75 Å². The molecule has 0 radical (unpaired) electrons. The van der Waals surface area contributed by atoms with E-state index in [-0.39, 0.29) is 50.3 Å². The first-order valence-corrected chi connectivity index (χ1v) is 19.6. The molecule has 24 heteroatoms. The standard InChI is InChI=1S/C36H58N10O14/c1-15(47)24-35(59)46-14-18(49)12-20(46)32(56)43-26(29(54)28(53)16-2-4-17(48)5-3-16)33(57)42-25(21(50)6-8-37)36(60)45-11-7-22(51)27(45)34(58)44-30(40-10-9-38)23(52)13-19(39)31(55)41-24/h2-5,15,18-30,40,47-54H,6-14,37-39H2,1H3,(H,41,55)(H,42,57)(H,43,56)(H,44,58)/t15-,18-,19+,20+,21-,22+,23-,24+,25+,26+,27+,28+,29+,30?/m1/s1. The topological polar surface area (TPSA) is 409 Å². The van der Waals surface area contributed by atoms with Gasteiger partial charge in [-0.15, -0.1) is 0 Å². The van der Waals surface area contributed by atoms with E-state index in [4.69, 9.17) is 17.2 Å². The Bertz CT molecular complexity index is 1680. The third-order valence-corrected chi connectivity index (χ3v) is 10.7. The van der Waals surface area contributed by atoms with Crippen molar-refractivity contribution < 1.29 is 69.6 Å². The number of nitrogens with two attached hydrogens (primary N) is 3. The zero-order chi connectivity index (χ0) is 44.6. The Kier molecular flexibility index (Phi) is 17.0. The van der Waals surface area contributed by atoms with Gasteiger partial charge < -0.3 is 89.1 Å². The molecule has 60 heavy (non-hydrogen) atoms. The van der Waals surface area contributed by atoms with Gasteiger partial charge in [-0.05, 0) is 44.0 Å². The smallest absolute Gasteiger partial charge is 0.248 e. The monoisotopic (exact) mass is 854 g/mol. The molecule has 4 rings (SSSR count). The zero-order valence-electron chi connectivity index (χ0n) is 32.9. The highest BCUT2D eigenvalue weighted by molar-refractivity contribution is 5.98. The summed E-state index contributed by atoms with van der Waals surface area (Å²) in [5, 5.41) is 99.2. The first-order valence-electron chi connectivity index (χ1n) is 19.6. The molecule has 3 heterocycles. The summed E-state index contributed by atoms with van der Waals surface area (Å²) in [7, 11) is 0. The van der Waals surface area contributed by atoms with Crippen molar-refractivity contribution >= 4 is 35.4 Å². The van der Waals surface area contributed by atoms with Gasteiger partial charge in [0.2, 0.25) is 35.4 Å². The minimum absolute atomic E-state index is 0.00135. The van der Waals surface area contributed by atoms with Crippen LogP contribution in [0, 0.1) is 0 Å². The van der Waals surface area contributed by atoms with E-state index in [1.165, 1.54) is 24.3 Å². The summed E-state index contributed by atoms with van der Waals surface area (Å²) in [6, 6.07) is -6.10. The summed E-state index contributed by atoms with van der Waals surface area (Å²) in [4.78, 5) is 85.4. The molecule has 0 spiro atoms. The van der Waals surface area contributed by atoms with Crippen LogP contribution in [-0.4, -0.2) is 198 Å². The number of carbonyl (C=O) groups is 6. The fourth-order valence-corrected chi connectivity index (χ4v) is 7.43. The van der Waals surface area contributed by atoms with Crippen molar-refractivity contribution in [2.45, 2.75) is 118 Å². The van der Waals surface area contributed by atoms with E-state index in [2.05, 4.69) is 26.6 Å².